The van der Waals surface area contributed by atoms with Gasteiger partial charge in [-0.25, -0.2) is 4.98 Å². The highest BCUT2D eigenvalue weighted by Crippen LogP contribution is 2.36. The van der Waals surface area contributed by atoms with Gasteiger partial charge in [-0.05, 0) is 30.9 Å². The molecule has 2 aliphatic heterocycles. The van der Waals surface area contributed by atoms with Gasteiger partial charge in [0.25, 0.3) is 5.91 Å². The molecule has 0 bridgehead atoms. The monoisotopic (exact) mass is 368 g/mol. The third-order valence-corrected chi connectivity index (χ3v) is 5.71. The van der Waals surface area contributed by atoms with Crippen LogP contribution in [0.25, 0.3) is 0 Å². The van der Waals surface area contributed by atoms with Gasteiger partial charge in [0.05, 0.1) is 6.04 Å². The van der Waals surface area contributed by atoms with Crippen molar-refractivity contribution in [3.63, 3.8) is 0 Å². The summed E-state index contributed by atoms with van der Waals surface area (Å²) in [4.78, 5) is 32.5. The Bertz CT molecular complexity index is 794. The van der Waals surface area contributed by atoms with E-state index in [0.29, 0.717) is 13.1 Å². The van der Waals surface area contributed by atoms with Crippen LogP contribution in [0.5, 0.6) is 0 Å². The van der Waals surface area contributed by atoms with Gasteiger partial charge in [0.1, 0.15) is 6.33 Å². The number of carbonyl (C=O) groups excluding carboxylic acids is 2. The van der Waals surface area contributed by atoms with E-state index in [9.17, 15) is 9.59 Å². The summed E-state index contributed by atoms with van der Waals surface area (Å²) in [6.45, 7) is 2.80. The number of carbonyl (C=O) groups is 2. The molecule has 8 heteroatoms. The Morgan fingerprint density at radius 1 is 1.19 bits per heavy atom. The van der Waals surface area contributed by atoms with Crippen molar-refractivity contribution in [3.05, 3.63) is 48.0 Å². The average molecular weight is 368 g/mol. The molecular formula is C19H24N6O2. The van der Waals surface area contributed by atoms with Gasteiger partial charge >= 0.3 is 0 Å². The van der Waals surface area contributed by atoms with E-state index < -0.39 is 0 Å². The van der Waals surface area contributed by atoms with Crippen LogP contribution in [0.3, 0.4) is 0 Å². The Kier molecular flexibility index (Phi) is 4.89. The molecule has 2 fully saturated rings. The molecule has 3 heterocycles. The maximum atomic E-state index is 12.5. The number of rotatable bonds is 6. The molecule has 2 unspecified atom stereocenters. The van der Waals surface area contributed by atoms with Crippen molar-refractivity contribution < 1.29 is 9.59 Å². The number of nitrogens with one attached hydrogen (secondary N) is 1. The van der Waals surface area contributed by atoms with E-state index in [0.717, 1.165) is 25.9 Å². The van der Waals surface area contributed by atoms with Crippen LogP contribution in [0, 0.1) is 11.8 Å². The molecule has 1 aromatic carbocycles. The SMILES string of the molecule is NC(=O)C1[C@@H]2CN(C(=O)c3ncn[nH]3)CC2CN1CCCc1ccccc1. The Balaban J connectivity index is 1.37. The van der Waals surface area contributed by atoms with Crippen LogP contribution in [0.4, 0.5) is 0 Å². The highest BCUT2D eigenvalue weighted by molar-refractivity contribution is 5.90. The minimum Gasteiger partial charge on any atom is -0.368 e. The van der Waals surface area contributed by atoms with Gasteiger partial charge in [-0.15, -0.1) is 0 Å². The van der Waals surface area contributed by atoms with Gasteiger partial charge in [-0.1, -0.05) is 30.3 Å². The standard InChI is InChI=1S/C19H24N6O2/c20-17(26)16-15-11-25(19(27)18-21-12-22-23-18)10-14(15)9-24(16)8-4-7-13-5-2-1-3-6-13/h1-3,5-6,12,14-16H,4,7-11H2,(H2,20,26)(H,21,22,23)/t14?,15-,16?/m1/s1. The summed E-state index contributed by atoms with van der Waals surface area (Å²) in [5.41, 5.74) is 7.03. The lowest BCUT2D eigenvalue weighted by molar-refractivity contribution is -0.123. The zero-order valence-corrected chi connectivity index (χ0v) is 15.1. The maximum absolute atomic E-state index is 12.5. The summed E-state index contributed by atoms with van der Waals surface area (Å²) in [7, 11) is 0. The second-order valence-corrected chi connectivity index (χ2v) is 7.40. The Labute approximate surface area is 157 Å². The molecule has 0 spiro atoms. The number of aromatic amines is 1. The number of fused-ring (bicyclic) bond motifs is 1. The number of H-pyrrole nitrogens is 1. The number of likely N-dealkylation sites (tertiary alicyclic amines) is 2. The molecule has 142 valence electrons. The van der Waals surface area contributed by atoms with Crippen LogP contribution in [0.2, 0.25) is 0 Å². The van der Waals surface area contributed by atoms with E-state index in [1.165, 1.54) is 11.9 Å². The van der Waals surface area contributed by atoms with E-state index >= 15 is 0 Å². The van der Waals surface area contributed by atoms with Crippen molar-refractivity contribution in [2.45, 2.75) is 18.9 Å². The number of primary amides is 1. The van der Waals surface area contributed by atoms with Crippen molar-refractivity contribution in [2.24, 2.45) is 17.6 Å². The number of aromatic nitrogens is 3. The molecule has 2 saturated heterocycles. The fourth-order valence-corrected chi connectivity index (χ4v) is 4.51. The molecule has 4 rings (SSSR count). The lowest BCUT2D eigenvalue weighted by atomic mass is 9.94. The van der Waals surface area contributed by atoms with Crippen molar-refractivity contribution in [2.75, 3.05) is 26.2 Å². The van der Waals surface area contributed by atoms with E-state index in [-0.39, 0.29) is 35.5 Å². The minimum absolute atomic E-state index is 0.0890. The summed E-state index contributed by atoms with van der Waals surface area (Å²) in [6, 6.07) is 10.0. The number of hydrogen-bond acceptors (Lipinski definition) is 5. The van der Waals surface area contributed by atoms with E-state index in [1.54, 1.807) is 4.90 Å². The average Bonchev–Trinajstić information content (AvgIpc) is 3.37. The first-order chi connectivity index (χ1) is 13.1. The van der Waals surface area contributed by atoms with E-state index in [2.05, 4.69) is 32.2 Å². The van der Waals surface area contributed by atoms with E-state index in [1.807, 2.05) is 18.2 Å². The van der Waals surface area contributed by atoms with Crippen molar-refractivity contribution in [1.82, 2.24) is 25.0 Å². The molecule has 3 atom stereocenters. The highest BCUT2D eigenvalue weighted by Gasteiger charge is 2.50. The molecule has 1 aromatic heterocycles. The molecular weight excluding hydrogens is 344 g/mol. The molecule has 0 saturated carbocycles. The van der Waals surface area contributed by atoms with Crippen molar-refractivity contribution in [3.8, 4) is 0 Å². The molecule has 2 aliphatic rings. The van der Waals surface area contributed by atoms with Crippen LogP contribution >= 0.6 is 0 Å². The smallest absolute Gasteiger partial charge is 0.291 e. The van der Waals surface area contributed by atoms with Crippen LogP contribution < -0.4 is 5.73 Å². The van der Waals surface area contributed by atoms with Crippen LogP contribution in [0.15, 0.2) is 36.7 Å². The molecule has 2 amide bonds. The maximum Gasteiger partial charge on any atom is 0.291 e. The third-order valence-electron chi connectivity index (χ3n) is 5.71. The predicted molar refractivity (Wildman–Crippen MR) is 98.6 cm³/mol. The van der Waals surface area contributed by atoms with Crippen LogP contribution in [0.1, 0.15) is 22.6 Å². The number of nitrogens with two attached hydrogens (primary N) is 1. The normalized spacial score (nSPS) is 24.9. The molecule has 27 heavy (non-hydrogen) atoms. The van der Waals surface area contributed by atoms with Gasteiger partial charge in [0.2, 0.25) is 11.7 Å². The van der Waals surface area contributed by atoms with Crippen LogP contribution in [-0.2, 0) is 11.2 Å². The zero-order valence-electron chi connectivity index (χ0n) is 15.1. The summed E-state index contributed by atoms with van der Waals surface area (Å²) in [5, 5.41) is 6.35. The number of aryl methyl sites for hydroxylation is 1. The fourth-order valence-electron chi connectivity index (χ4n) is 4.51. The second-order valence-electron chi connectivity index (χ2n) is 7.40. The third kappa shape index (κ3) is 3.57. The molecule has 3 N–H and O–H groups in total. The largest absolute Gasteiger partial charge is 0.368 e. The van der Waals surface area contributed by atoms with Crippen molar-refractivity contribution in [1.29, 1.82) is 0 Å². The fraction of sp³-hybridized carbons (Fsp3) is 0.474. The van der Waals surface area contributed by atoms with Crippen molar-refractivity contribution >= 4 is 11.8 Å². The first-order valence-corrected chi connectivity index (χ1v) is 9.35. The second kappa shape index (κ2) is 7.48. The number of hydrogen-bond donors (Lipinski definition) is 2. The Hall–Kier alpha value is -2.74. The van der Waals surface area contributed by atoms with Crippen LogP contribution in [-0.4, -0.2) is 69.0 Å². The van der Waals surface area contributed by atoms with Gasteiger partial charge in [-0.2, -0.15) is 5.10 Å². The summed E-state index contributed by atoms with van der Waals surface area (Å²) in [6.07, 6.45) is 3.28. The zero-order chi connectivity index (χ0) is 18.8. The minimum atomic E-state index is -0.307. The lowest BCUT2D eigenvalue weighted by Gasteiger charge is -2.27. The predicted octanol–water partition coefficient (Wildman–Crippen LogP) is 0.295. The lowest BCUT2D eigenvalue weighted by Crippen LogP contribution is -2.46. The summed E-state index contributed by atoms with van der Waals surface area (Å²) >= 11 is 0. The van der Waals surface area contributed by atoms with Gasteiger partial charge in [0.15, 0.2) is 0 Å². The van der Waals surface area contributed by atoms with Gasteiger partial charge in [-0.3, -0.25) is 19.6 Å². The Morgan fingerprint density at radius 3 is 2.70 bits per heavy atom. The van der Waals surface area contributed by atoms with Gasteiger partial charge < -0.3 is 10.6 Å². The highest BCUT2D eigenvalue weighted by atomic mass is 16.2. The summed E-state index contributed by atoms with van der Waals surface area (Å²) in [5.74, 6) is 0.138. The first kappa shape index (κ1) is 17.7. The van der Waals surface area contributed by atoms with Gasteiger partial charge in [0, 0.05) is 25.6 Å². The quantitative estimate of drug-likeness (QED) is 0.762. The first-order valence-electron chi connectivity index (χ1n) is 9.35. The number of benzene rings is 1. The summed E-state index contributed by atoms with van der Waals surface area (Å²) < 4.78 is 0. The van der Waals surface area contributed by atoms with E-state index in [4.69, 9.17) is 5.73 Å². The molecule has 2 aromatic rings. The topological polar surface area (TPSA) is 108 Å². The Morgan fingerprint density at radius 2 is 2.00 bits per heavy atom. The molecule has 8 nitrogen and oxygen atoms in total. The molecule has 0 aliphatic carbocycles. The number of nitrogens with zero attached hydrogens (tertiary/aromatic N) is 4. The molecule has 0 radical (unpaired) electrons. The number of amides is 2.